The van der Waals surface area contributed by atoms with Gasteiger partial charge in [-0.1, -0.05) is 24.3 Å². The number of rotatable bonds is 0. The van der Waals surface area contributed by atoms with E-state index in [9.17, 15) is 9.59 Å². The van der Waals surface area contributed by atoms with Gasteiger partial charge in [0.05, 0.1) is 25.2 Å². The highest BCUT2D eigenvalue weighted by atomic mass is 16.5. The van der Waals surface area contributed by atoms with Crippen molar-refractivity contribution < 1.29 is 14.3 Å². The first-order valence-electron chi connectivity index (χ1n) is 9.72. The summed E-state index contributed by atoms with van der Waals surface area (Å²) in [5, 5.41) is 0. The molecular formula is C21H20N2O3. The first-order chi connectivity index (χ1) is 12.7. The third-order valence-corrected chi connectivity index (χ3v) is 8.07. The molecule has 1 spiro atoms. The lowest BCUT2D eigenvalue weighted by atomic mass is 9.53. The minimum Gasteiger partial charge on any atom is -0.373 e. The molecule has 5 nitrogen and oxygen atoms in total. The Kier molecular flexibility index (Phi) is 2.27. The molecule has 1 aromatic rings. The average Bonchev–Trinajstić information content (AvgIpc) is 3.03. The van der Waals surface area contributed by atoms with Gasteiger partial charge in [0.1, 0.15) is 0 Å². The zero-order valence-electron chi connectivity index (χ0n) is 14.4. The standard InChI is InChI=1S/C21H20N2O3/c24-17-8-15-19-12-7-16-21(9-18(25)22(16)10-11(12)5-6-26-15)13-3-1-2-4-14(13)23(17)20(19)21/h1-5,12,15-16,19-20H,6-10H2/t12-,15-,16+,19-,20-,21-/m0/s1. The van der Waals surface area contributed by atoms with E-state index in [-0.39, 0.29) is 35.4 Å². The maximum atomic E-state index is 13.2. The van der Waals surface area contributed by atoms with Crippen LogP contribution in [0.5, 0.6) is 0 Å². The lowest BCUT2D eigenvalue weighted by Crippen LogP contribution is -2.69. The zero-order valence-corrected chi connectivity index (χ0v) is 14.4. The second kappa shape index (κ2) is 4.22. The summed E-state index contributed by atoms with van der Waals surface area (Å²) in [5.41, 5.74) is 3.37. The van der Waals surface area contributed by atoms with Crippen molar-refractivity contribution in [3.63, 3.8) is 0 Å². The van der Waals surface area contributed by atoms with E-state index in [0.29, 0.717) is 31.3 Å². The molecule has 0 radical (unpaired) electrons. The van der Waals surface area contributed by atoms with E-state index in [1.54, 1.807) is 0 Å². The molecule has 1 aliphatic carbocycles. The molecule has 4 fully saturated rings. The second-order valence-corrected chi connectivity index (χ2v) is 8.75. The number of carbonyl (C=O) groups is 2. The van der Waals surface area contributed by atoms with Crippen molar-refractivity contribution in [1.29, 1.82) is 0 Å². The number of carbonyl (C=O) groups excluding carboxylic acids is 2. The summed E-state index contributed by atoms with van der Waals surface area (Å²) in [4.78, 5) is 30.4. The van der Waals surface area contributed by atoms with Crippen molar-refractivity contribution in [1.82, 2.24) is 4.90 Å². The number of fused-ring (bicyclic) bond motifs is 2. The van der Waals surface area contributed by atoms with Crippen LogP contribution >= 0.6 is 0 Å². The van der Waals surface area contributed by atoms with Crippen molar-refractivity contribution in [2.45, 2.75) is 42.9 Å². The monoisotopic (exact) mass is 348 g/mol. The molecule has 26 heavy (non-hydrogen) atoms. The summed E-state index contributed by atoms with van der Waals surface area (Å²) < 4.78 is 6.19. The molecule has 2 bridgehead atoms. The molecule has 1 aromatic carbocycles. The van der Waals surface area contributed by atoms with Crippen LogP contribution in [-0.4, -0.2) is 48.1 Å². The molecule has 132 valence electrons. The Morgan fingerprint density at radius 1 is 1.15 bits per heavy atom. The van der Waals surface area contributed by atoms with E-state index < -0.39 is 0 Å². The van der Waals surface area contributed by atoms with Crippen LogP contribution in [0.15, 0.2) is 35.9 Å². The van der Waals surface area contributed by atoms with Crippen LogP contribution in [0.4, 0.5) is 5.69 Å². The highest BCUT2D eigenvalue weighted by molar-refractivity contribution is 6.00. The van der Waals surface area contributed by atoms with Gasteiger partial charge < -0.3 is 14.5 Å². The number of nitrogens with zero attached hydrogens (tertiary/aromatic N) is 2. The quantitative estimate of drug-likeness (QED) is 0.670. The predicted octanol–water partition coefficient (Wildman–Crippen LogP) is 1.62. The molecule has 1 saturated carbocycles. The van der Waals surface area contributed by atoms with Crippen molar-refractivity contribution in [3.8, 4) is 0 Å². The van der Waals surface area contributed by atoms with Crippen LogP contribution in [0.1, 0.15) is 24.8 Å². The maximum Gasteiger partial charge on any atom is 0.229 e. The fourth-order valence-electron chi connectivity index (χ4n) is 7.32. The Balaban J connectivity index is 1.57. The summed E-state index contributed by atoms with van der Waals surface area (Å²) in [6.45, 7) is 1.32. The van der Waals surface area contributed by atoms with Crippen molar-refractivity contribution >= 4 is 17.5 Å². The van der Waals surface area contributed by atoms with Crippen LogP contribution in [0.2, 0.25) is 0 Å². The van der Waals surface area contributed by atoms with Gasteiger partial charge in [-0.05, 0) is 29.5 Å². The lowest BCUT2D eigenvalue weighted by Gasteiger charge is -2.58. The van der Waals surface area contributed by atoms with Crippen LogP contribution in [0, 0.1) is 11.8 Å². The molecule has 2 amide bonds. The number of anilines is 1. The van der Waals surface area contributed by atoms with Gasteiger partial charge in [-0.25, -0.2) is 0 Å². The van der Waals surface area contributed by atoms with Crippen LogP contribution in [-0.2, 0) is 19.7 Å². The fourth-order valence-corrected chi connectivity index (χ4v) is 7.32. The van der Waals surface area contributed by atoms with Crippen molar-refractivity contribution in [2.24, 2.45) is 11.8 Å². The maximum absolute atomic E-state index is 13.2. The molecule has 0 aromatic heterocycles. The van der Waals surface area contributed by atoms with Crippen molar-refractivity contribution in [2.75, 3.05) is 18.1 Å². The third-order valence-electron chi connectivity index (χ3n) is 8.07. The van der Waals surface area contributed by atoms with E-state index in [4.69, 9.17) is 4.74 Å². The summed E-state index contributed by atoms with van der Waals surface area (Å²) in [6, 6.07) is 8.59. The molecule has 5 aliphatic heterocycles. The van der Waals surface area contributed by atoms with Gasteiger partial charge in [0.25, 0.3) is 0 Å². The number of para-hydroxylation sites is 1. The molecule has 7 rings (SSSR count). The first-order valence-corrected chi connectivity index (χ1v) is 9.72. The van der Waals surface area contributed by atoms with Gasteiger partial charge in [-0.15, -0.1) is 0 Å². The second-order valence-electron chi connectivity index (χ2n) is 8.75. The summed E-state index contributed by atoms with van der Waals surface area (Å²) >= 11 is 0. The van der Waals surface area contributed by atoms with Crippen LogP contribution in [0.25, 0.3) is 0 Å². The molecule has 3 saturated heterocycles. The minimum absolute atomic E-state index is 0.0168. The van der Waals surface area contributed by atoms with E-state index in [1.165, 1.54) is 11.1 Å². The molecular weight excluding hydrogens is 328 g/mol. The van der Waals surface area contributed by atoms with Gasteiger partial charge in [-0.2, -0.15) is 0 Å². The Morgan fingerprint density at radius 2 is 2.04 bits per heavy atom. The van der Waals surface area contributed by atoms with Crippen molar-refractivity contribution in [3.05, 3.63) is 41.5 Å². The molecule has 0 N–H and O–H groups in total. The van der Waals surface area contributed by atoms with Gasteiger partial charge in [-0.3, -0.25) is 9.59 Å². The van der Waals surface area contributed by atoms with Gasteiger partial charge >= 0.3 is 0 Å². The number of hydrogen-bond acceptors (Lipinski definition) is 3. The van der Waals surface area contributed by atoms with Gasteiger partial charge in [0, 0.05) is 36.0 Å². The summed E-state index contributed by atoms with van der Waals surface area (Å²) in [5.74, 6) is 1.17. The molecule has 5 heterocycles. The first kappa shape index (κ1) is 14.0. The van der Waals surface area contributed by atoms with Gasteiger partial charge in [0.2, 0.25) is 11.8 Å². The van der Waals surface area contributed by atoms with Gasteiger partial charge in [0.15, 0.2) is 0 Å². The highest BCUT2D eigenvalue weighted by Crippen LogP contribution is 2.65. The van der Waals surface area contributed by atoms with E-state index in [0.717, 1.165) is 18.7 Å². The average molecular weight is 348 g/mol. The number of benzene rings is 1. The molecule has 6 atom stereocenters. The predicted molar refractivity (Wildman–Crippen MR) is 93.5 cm³/mol. The number of hydrogen-bond donors (Lipinski definition) is 0. The molecule has 5 heteroatoms. The van der Waals surface area contributed by atoms with E-state index >= 15 is 0 Å². The fraction of sp³-hybridized carbons (Fsp3) is 0.524. The smallest absolute Gasteiger partial charge is 0.229 e. The van der Waals surface area contributed by atoms with E-state index in [2.05, 4.69) is 34.1 Å². The highest BCUT2D eigenvalue weighted by Gasteiger charge is 2.72. The number of ether oxygens (including phenoxy) is 1. The van der Waals surface area contributed by atoms with Crippen LogP contribution < -0.4 is 4.90 Å². The zero-order chi connectivity index (χ0) is 17.2. The minimum atomic E-state index is -0.248. The van der Waals surface area contributed by atoms with E-state index in [1.807, 2.05) is 6.07 Å². The Hall–Kier alpha value is -2.14. The number of piperidine rings is 2. The molecule has 6 aliphatic rings. The molecule has 0 unspecified atom stereocenters. The van der Waals surface area contributed by atoms with Crippen LogP contribution in [0.3, 0.4) is 0 Å². The normalized spacial score (nSPS) is 44.0. The Bertz CT molecular complexity index is 924. The largest absolute Gasteiger partial charge is 0.373 e. The lowest BCUT2D eigenvalue weighted by molar-refractivity contribution is -0.133. The third kappa shape index (κ3) is 1.29. The SMILES string of the molecule is O=C1C[C@]23c4ccccc4N4C(=O)C[C@@H]5OCC=C6CN1[C@@H]2C[C@@H]6[C@@H]5[C@H]43. The summed E-state index contributed by atoms with van der Waals surface area (Å²) in [6.07, 6.45) is 4.19. The topological polar surface area (TPSA) is 49.9 Å². The Labute approximate surface area is 151 Å². The summed E-state index contributed by atoms with van der Waals surface area (Å²) in [7, 11) is 0. The number of amides is 2. The Morgan fingerprint density at radius 3 is 2.96 bits per heavy atom.